The number of amides is 1. The minimum Gasteiger partial charge on any atom is -0.349 e. The van der Waals surface area contributed by atoms with Crippen LogP contribution in [0.5, 0.6) is 0 Å². The highest BCUT2D eigenvalue weighted by molar-refractivity contribution is 7.89. The van der Waals surface area contributed by atoms with E-state index in [1.165, 1.54) is 37.7 Å². The van der Waals surface area contributed by atoms with Crippen LogP contribution in [0.2, 0.25) is 0 Å². The van der Waals surface area contributed by atoms with Gasteiger partial charge < -0.3 is 10.2 Å². The predicted octanol–water partition coefficient (Wildman–Crippen LogP) is 1.93. The maximum Gasteiger partial charge on any atom is 0.275 e. The highest BCUT2D eigenvalue weighted by atomic mass is 32.2. The smallest absolute Gasteiger partial charge is 0.275 e. The minimum absolute atomic E-state index is 0.0561. The first-order valence-electron chi connectivity index (χ1n) is 11.6. The third-order valence-corrected chi connectivity index (χ3v) is 8.48. The van der Waals surface area contributed by atoms with Crippen molar-refractivity contribution in [2.75, 3.05) is 32.7 Å². The fourth-order valence-electron chi connectivity index (χ4n) is 4.77. The van der Waals surface area contributed by atoms with Crippen LogP contribution < -0.4 is 10.2 Å². The molecule has 2 fully saturated rings. The third kappa shape index (κ3) is 6.05. The van der Waals surface area contributed by atoms with Crippen LogP contribution >= 0.6 is 0 Å². The number of carbonyl (C=O) groups is 1. The first-order valence-corrected chi connectivity index (χ1v) is 13.1. The van der Waals surface area contributed by atoms with Crippen molar-refractivity contribution < 1.29 is 18.1 Å². The van der Waals surface area contributed by atoms with Crippen LogP contribution in [-0.2, 0) is 14.8 Å². The van der Waals surface area contributed by atoms with Crippen LogP contribution in [0.25, 0.3) is 0 Å². The van der Waals surface area contributed by atoms with Gasteiger partial charge in [0.2, 0.25) is 10.0 Å². The molecule has 30 heavy (non-hydrogen) atoms. The first kappa shape index (κ1) is 23.2. The summed E-state index contributed by atoms with van der Waals surface area (Å²) < 4.78 is 27.7. The van der Waals surface area contributed by atoms with E-state index in [2.05, 4.69) is 12.2 Å². The number of carbonyl (C=O) groups excluding carboxylic acids is 1. The molecule has 1 aliphatic carbocycles. The Kier molecular flexibility index (Phi) is 8.31. The molecule has 1 saturated carbocycles. The Bertz CT molecular complexity index is 780. The van der Waals surface area contributed by atoms with Crippen LogP contribution in [0.4, 0.5) is 0 Å². The van der Waals surface area contributed by atoms with Crippen molar-refractivity contribution in [3.63, 3.8) is 0 Å². The van der Waals surface area contributed by atoms with Crippen molar-refractivity contribution in [1.29, 1.82) is 0 Å². The summed E-state index contributed by atoms with van der Waals surface area (Å²) in [4.78, 5) is 13.7. The zero-order valence-corrected chi connectivity index (χ0v) is 19.3. The fraction of sp³-hybridized carbons (Fsp3) is 0.696. The van der Waals surface area contributed by atoms with E-state index < -0.39 is 10.0 Å². The lowest BCUT2D eigenvalue weighted by Crippen LogP contribution is -3.15. The van der Waals surface area contributed by atoms with Gasteiger partial charge in [0.1, 0.15) is 0 Å². The Morgan fingerprint density at radius 3 is 2.37 bits per heavy atom. The first-order chi connectivity index (χ1) is 14.4. The lowest BCUT2D eigenvalue weighted by Gasteiger charge is -2.31. The normalized spacial score (nSPS) is 20.7. The van der Waals surface area contributed by atoms with Crippen molar-refractivity contribution in [2.24, 2.45) is 0 Å². The van der Waals surface area contributed by atoms with Crippen molar-refractivity contribution in [3.05, 3.63) is 29.8 Å². The lowest BCUT2D eigenvalue weighted by atomic mass is 9.84. The standard InChI is InChI=1S/C23H37N3O3S/c1-3-7-19(2)24-23(27)18-25-14-16-26(17-15-25)30(28,29)22-12-10-21(11-13-22)20-8-5-4-6-9-20/h10-13,19-20H,3-9,14-18H2,1-2H3,(H,24,27)/p+1/t19-/m0/s1. The summed E-state index contributed by atoms with van der Waals surface area (Å²) in [5, 5.41) is 3.04. The van der Waals surface area contributed by atoms with E-state index >= 15 is 0 Å². The molecule has 1 aromatic rings. The largest absolute Gasteiger partial charge is 0.349 e. The molecule has 3 rings (SSSR count). The molecule has 0 aromatic heterocycles. The molecule has 1 saturated heterocycles. The van der Waals surface area contributed by atoms with Gasteiger partial charge in [0.15, 0.2) is 6.54 Å². The number of hydrogen-bond acceptors (Lipinski definition) is 3. The second-order valence-corrected chi connectivity index (χ2v) is 10.9. The van der Waals surface area contributed by atoms with Crippen LogP contribution in [0, 0.1) is 0 Å². The molecule has 6 nitrogen and oxygen atoms in total. The molecule has 1 heterocycles. The number of quaternary nitrogens is 1. The van der Waals surface area contributed by atoms with Gasteiger partial charge in [0, 0.05) is 6.04 Å². The van der Waals surface area contributed by atoms with Crippen molar-refractivity contribution in [3.8, 4) is 0 Å². The number of nitrogens with zero attached hydrogens (tertiary/aromatic N) is 1. The molecule has 0 spiro atoms. The molecule has 1 atom stereocenters. The maximum absolute atomic E-state index is 13.1. The van der Waals surface area contributed by atoms with E-state index in [1.54, 1.807) is 16.4 Å². The number of sulfonamides is 1. The molecule has 2 aliphatic rings. The Labute approximate surface area is 182 Å². The average molecular weight is 437 g/mol. The second-order valence-electron chi connectivity index (χ2n) is 8.99. The number of hydrogen-bond donors (Lipinski definition) is 2. The van der Waals surface area contributed by atoms with Crippen LogP contribution in [0.3, 0.4) is 0 Å². The quantitative estimate of drug-likeness (QED) is 0.654. The van der Waals surface area contributed by atoms with E-state index in [1.807, 2.05) is 19.1 Å². The van der Waals surface area contributed by atoms with E-state index in [9.17, 15) is 13.2 Å². The summed E-state index contributed by atoms with van der Waals surface area (Å²) in [6.45, 7) is 6.79. The van der Waals surface area contributed by atoms with Gasteiger partial charge in [-0.3, -0.25) is 4.79 Å². The summed E-state index contributed by atoms with van der Waals surface area (Å²) in [6, 6.07) is 7.76. The molecule has 1 aliphatic heterocycles. The summed E-state index contributed by atoms with van der Waals surface area (Å²) in [5.74, 6) is 0.634. The monoisotopic (exact) mass is 436 g/mol. The maximum atomic E-state index is 13.1. The summed E-state index contributed by atoms with van der Waals surface area (Å²) in [5.41, 5.74) is 1.27. The molecule has 168 valence electrons. The fourth-order valence-corrected chi connectivity index (χ4v) is 6.22. The Hall–Kier alpha value is -1.44. The van der Waals surface area contributed by atoms with Gasteiger partial charge in [-0.05, 0) is 49.8 Å². The van der Waals surface area contributed by atoms with Crippen LogP contribution in [0.15, 0.2) is 29.2 Å². The molecule has 0 bridgehead atoms. The number of nitrogens with one attached hydrogen (secondary N) is 2. The number of piperazine rings is 1. The van der Waals surface area contributed by atoms with Gasteiger partial charge in [-0.15, -0.1) is 0 Å². The molecule has 1 amide bonds. The van der Waals surface area contributed by atoms with Crippen LogP contribution in [0.1, 0.15) is 70.3 Å². The van der Waals surface area contributed by atoms with Crippen molar-refractivity contribution in [2.45, 2.75) is 75.6 Å². The van der Waals surface area contributed by atoms with Gasteiger partial charge >= 0.3 is 0 Å². The molecule has 7 heteroatoms. The Balaban J connectivity index is 1.52. The number of benzene rings is 1. The van der Waals surface area contributed by atoms with E-state index in [-0.39, 0.29) is 11.9 Å². The van der Waals surface area contributed by atoms with Gasteiger partial charge in [-0.2, -0.15) is 4.31 Å². The molecular weight excluding hydrogens is 398 g/mol. The van der Waals surface area contributed by atoms with Gasteiger partial charge in [-0.25, -0.2) is 8.42 Å². The SMILES string of the molecule is CCC[C@H](C)NC(=O)C[NH+]1CCN(S(=O)(=O)c2ccc(C3CCCCC3)cc2)CC1. The zero-order chi connectivity index (χ0) is 21.6. The molecule has 0 unspecified atom stereocenters. The summed E-state index contributed by atoms with van der Waals surface area (Å²) in [6.07, 6.45) is 8.30. The minimum atomic E-state index is -3.47. The summed E-state index contributed by atoms with van der Waals surface area (Å²) in [7, 11) is -3.47. The van der Waals surface area contributed by atoms with Gasteiger partial charge in [0.25, 0.3) is 5.91 Å². The molecule has 0 radical (unpaired) electrons. The van der Waals surface area contributed by atoms with Gasteiger partial charge in [-0.1, -0.05) is 44.7 Å². The topological polar surface area (TPSA) is 70.9 Å². The highest BCUT2D eigenvalue weighted by Crippen LogP contribution is 2.33. The molecule has 1 aromatic carbocycles. The number of rotatable bonds is 8. The van der Waals surface area contributed by atoms with Gasteiger partial charge in [0.05, 0.1) is 31.1 Å². The van der Waals surface area contributed by atoms with Crippen molar-refractivity contribution in [1.82, 2.24) is 9.62 Å². The van der Waals surface area contributed by atoms with E-state index in [4.69, 9.17) is 0 Å². The lowest BCUT2D eigenvalue weighted by molar-refractivity contribution is -0.895. The van der Waals surface area contributed by atoms with Crippen molar-refractivity contribution >= 4 is 15.9 Å². The second kappa shape index (κ2) is 10.7. The summed E-state index contributed by atoms with van der Waals surface area (Å²) >= 11 is 0. The molecular formula is C23H38N3O3S+. The third-order valence-electron chi connectivity index (χ3n) is 6.56. The predicted molar refractivity (Wildman–Crippen MR) is 119 cm³/mol. The van der Waals surface area contributed by atoms with Crippen LogP contribution in [-0.4, -0.2) is 57.4 Å². The highest BCUT2D eigenvalue weighted by Gasteiger charge is 2.31. The van der Waals surface area contributed by atoms with E-state index in [0.717, 1.165) is 17.7 Å². The average Bonchev–Trinajstić information content (AvgIpc) is 2.75. The van der Waals surface area contributed by atoms with E-state index in [0.29, 0.717) is 43.5 Å². The Morgan fingerprint density at radius 1 is 1.13 bits per heavy atom. The zero-order valence-electron chi connectivity index (χ0n) is 18.5. The molecule has 2 N–H and O–H groups in total. The Morgan fingerprint density at radius 2 is 1.77 bits per heavy atom.